The first kappa shape index (κ1) is 35.9. The standard InChI is InChI=1S/C28H36N8O11S2/c1-27(2)21(24(39)36(27)47-49(42,43)44)34-23(38)20(17-12-48-26(30)33-17)35-46-28(3,25(40)41)19-7-5-13-8-14(4-6-18(13)45-19)22(29)32-15-9-16(11-37)31-10-15/h4,6,8,12,15-16,19,21,31,37H,5,7,9-11H2,1-3H3,(H2,29,32)(H2,30,33)(H,34,38)(H,40,41)(H,42,43,44)/b35-20-/t15-,16+,19+,21+,28-/m0/s1. The zero-order chi connectivity index (χ0) is 35.9. The van der Waals surface area contributed by atoms with Gasteiger partial charge in [-0.15, -0.1) is 15.6 Å². The Labute approximate surface area is 284 Å². The van der Waals surface area contributed by atoms with Gasteiger partial charge < -0.3 is 41.9 Å². The number of carboxylic acid groups (broad SMARTS) is 1. The predicted molar refractivity (Wildman–Crippen MR) is 173 cm³/mol. The number of anilines is 1. The largest absolute Gasteiger partial charge is 0.485 e. The molecule has 0 aliphatic carbocycles. The van der Waals surface area contributed by atoms with Crippen molar-refractivity contribution in [2.45, 2.75) is 75.4 Å². The molecule has 5 atom stereocenters. The van der Waals surface area contributed by atoms with Gasteiger partial charge >= 0.3 is 16.4 Å². The van der Waals surface area contributed by atoms with E-state index in [2.05, 4.69) is 30.0 Å². The number of nitrogens with one attached hydrogen (secondary N) is 2. The number of β-lactam (4-membered cyclic amide) rings is 1. The van der Waals surface area contributed by atoms with E-state index in [1.807, 2.05) is 6.07 Å². The van der Waals surface area contributed by atoms with Crippen LogP contribution in [-0.4, -0.2) is 111 Å². The first-order valence-corrected chi connectivity index (χ1v) is 17.2. The normalized spacial score (nSPS) is 25.1. The van der Waals surface area contributed by atoms with Crippen molar-refractivity contribution < 1.29 is 51.4 Å². The summed E-state index contributed by atoms with van der Waals surface area (Å²) >= 11 is 0.958. The lowest BCUT2D eigenvalue weighted by Gasteiger charge is -2.50. The fourth-order valence-electron chi connectivity index (χ4n) is 5.64. The molecule has 9 N–H and O–H groups in total. The van der Waals surface area contributed by atoms with Gasteiger partial charge in [-0.1, -0.05) is 5.16 Å². The molecule has 1 aromatic heterocycles. The monoisotopic (exact) mass is 724 g/mol. The maximum Gasteiger partial charge on any atom is 0.418 e. The van der Waals surface area contributed by atoms with Crippen molar-refractivity contribution >= 4 is 56.2 Å². The Morgan fingerprint density at radius 3 is 2.67 bits per heavy atom. The molecule has 21 heteroatoms. The number of aliphatic hydroxyl groups excluding tert-OH is 1. The minimum atomic E-state index is -5.03. The number of oxime groups is 1. The van der Waals surface area contributed by atoms with Crippen LogP contribution in [0.2, 0.25) is 0 Å². The van der Waals surface area contributed by atoms with E-state index >= 15 is 0 Å². The molecule has 2 amide bonds. The van der Waals surface area contributed by atoms with Gasteiger partial charge in [0, 0.05) is 23.5 Å². The summed E-state index contributed by atoms with van der Waals surface area (Å²) in [5, 5.41) is 30.9. The number of hydroxylamine groups is 2. The molecule has 1 aromatic carbocycles. The van der Waals surface area contributed by atoms with Gasteiger partial charge in [0.2, 0.25) is 0 Å². The number of nitrogens with two attached hydrogens (primary N) is 2. The van der Waals surface area contributed by atoms with Crippen molar-refractivity contribution in [1.82, 2.24) is 20.7 Å². The summed E-state index contributed by atoms with van der Waals surface area (Å²) in [5.41, 5.74) is 9.25. The summed E-state index contributed by atoms with van der Waals surface area (Å²) in [6, 6.07) is 3.71. The third kappa shape index (κ3) is 7.45. The number of thiazole rings is 1. The van der Waals surface area contributed by atoms with Crippen molar-refractivity contribution in [2.75, 3.05) is 18.9 Å². The summed E-state index contributed by atoms with van der Waals surface area (Å²) in [4.78, 5) is 52.9. The van der Waals surface area contributed by atoms with Crippen LogP contribution in [0.25, 0.3) is 0 Å². The zero-order valence-corrected chi connectivity index (χ0v) is 28.2. The van der Waals surface area contributed by atoms with Crippen molar-refractivity contribution in [3.8, 4) is 5.75 Å². The number of ether oxygens (including phenoxy) is 1. The maximum atomic E-state index is 13.4. The van der Waals surface area contributed by atoms with Gasteiger partial charge in [-0.05, 0) is 63.8 Å². The smallest absolute Gasteiger partial charge is 0.418 e. The summed E-state index contributed by atoms with van der Waals surface area (Å²) in [5.74, 6) is -2.76. The molecule has 0 saturated carbocycles. The Morgan fingerprint density at radius 2 is 2.08 bits per heavy atom. The van der Waals surface area contributed by atoms with Crippen molar-refractivity contribution in [1.29, 1.82) is 0 Å². The number of fused-ring (bicyclic) bond motifs is 1. The maximum absolute atomic E-state index is 13.4. The summed E-state index contributed by atoms with van der Waals surface area (Å²) < 4.78 is 41.7. The molecule has 19 nitrogen and oxygen atoms in total. The lowest BCUT2D eigenvalue weighted by Crippen LogP contribution is -2.76. The lowest BCUT2D eigenvalue weighted by atomic mass is 9.84. The van der Waals surface area contributed by atoms with Gasteiger partial charge in [-0.25, -0.2) is 9.78 Å². The summed E-state index contributed by atoms with van der Waals surface area (Å²) in [6.45, 7) is 4.57. The molecule has 0 unspecified atom stereocenters. The molecular weight excluding hydrogens is 688 g/mol. The van der Waals surface area contributed by atoms with Crippen LogP contribution in [0.1, 0.15) is 50.4 Å². The van der Waals surface area contributed by atoms with Crippen LogP contribution in [0.15, 0.2) is 33.7 Å². The third-order valence-corrected chi connectivity index (χ3v) is 9.52. The summed E-state index contributed by atoms with van der Waals surface area (Å²) in [7, 11) is -5.03. The Hall–Kier alpha value is -4.41. The molecule has 0 spiro atoms. The van der Waals surface area contributed by atoms with Crippen LogP contribution in [-0.2, 0) is 40.3 Å². The number of nitrogens with zero attached hydrogens (tertiary/aromatic N) is 4. The van der Waals surface area contributed by atoms with Gasteiger partial charge in [-0.3, -0.25) is 19.1 Å². The number of carboxylic acids is 1. The lowest BCUT2D eigenvalue weighted by molar-refractivity contribution is -0.218. The van der Waals surface area contributed by atoms with Gasteiger partial charge in [0.15, 0.2) is 16.9 Å². The highest BCUT2D eigenvalue weighted by Gasteiger charge is 2.58. The highest BCUT2D eigenvalue weighted by molar-refractivity contribution is 7.80. The Balaban J connectivity index is 1.34. The number of carbonyl (C=O) groups excluding carboxylic acids is 2. The van der Waals surface area contributed by atoms with E-state index in [1.54, 1.807) is 12.1 Å². The highest BCUT2D eigenvalue weighted by Crippen LogP contribution is 2.35. The number of aryl methyl sites for hydroxylation is 1. The van der Waals surface area contributed by atoms with E-state index in [1.165, 1.54) is 26.2 Å². The quantitative estimate of drug-likeness (QED) is 0.0452. The number of aliphatic imine (C=N–C) groups is 1. The second-order valence-corrected chi connectivity index (χ2v) is 14.3. The van der Waals surface area contributed by atoms with Crippen LogP contribution < -0.4 is 26.8 Å². The first-order valence-electron chi connectivity index (χ1n) is 14.9. The fraction of sp³-hybridized carbons (Fsp3) is 0.500. The van der Waals surface area contributed by atoms with E-state index in [4.69, 9.17) is 25.6 Å². The number of hydrogen-bond donors (Lipinski definition) is 7. The minimum absolute atomic E-state index is 0.0120. The van der Waals surface area contributed by atoms with Crippen molar-refractivity contribution in [3.05, 3.63) is 40.4 Å². The van der Waals surface area contributed by atoms with Crippen molar-refractivity contribution in [2.24, 2.45) is 15.9 Å². The molecule has 2 fully saturated rings. The van der Waals surface area contributed by atoms with Crippen LogP contribution in [0.4, 0.5) is 5.13 Å². The number of amidine groups is 1. The van der Waals surface area contributed by atoms with Crippen LogP contribution in [0.5, 0.6) is 5.75 Å². The molecule has 49 heavy (non-hydrogen) atoms. The molecule has 0 radical (unpaired) electrons. The molecule has 3 aliphatic heterocycles. The molecule has 2 saturated heterocycles. The van der Waals surface area contributed by atoms with Gasteiger partial charge in [-0.2, -0.15) is 13.5 Å². The van der Waals surface area contributed by atoms with E-state index in [9.17, 15) is 33.0 Å². The number of hydrogen-bond acceptors (Lipinski definition) is 15. The third-order valence-electron chi connectivity index (χ3n) is 8.51. The van der Waals surface area contributed by atoms with E-state index in [0.717, 1.165) is 16.9 Å². The molecule has 266 valence electrons. The Morgan fingerprint density at radius 1 is 1.35 bits per heavy atom. The second-order valence-electron chi connectivity index (χ2n) is 12.4. The number of aliphatic carboxylic acids is 1. The molecule has 2 aromatic rings. The molecule has 0 bridgehead atoms. The SMILES string of the molecule is CC1(C)[C@H](NC(=O)/C(=N\O[C@](C)(C(=O)O)[C@H]2CCc3cc(C(N)=N[C@@H]4CN[C@@H](CO)C4)ccc3O2)c2csc(N)n2)C(=O)N1OS(=O)(=O)O. The van der Waals surface area contributed by atoms with E-state index < -0.39 is 57.2 Å². The highest BCUT2D eigenvalue weighted by atomic mass is 32.3. The van der Waals surface area contributed by atoms with Crippen molar-refractivity contribution in [3.63, 3.8) is 0 Å². The molecule has 4 heterocycles. The number of rotatable bonds is 12. The Kier molecular flexibility index (Phi) is 9.87. The number of nitrogen functional groups attached to an aromatic ring is 1. The summed E-state index contributed by atoms with van der Waals surface area (Å²) in [6.07, 6.45) is 0.131. The zero-order valence-electron chi connectivity index (χ0n) is 26.5. The minimum Gasteiger partial charge on any atom is -0.485 e. The average molecular weight is 725 g/mol. The second kappa shape index (κ2) is 13.5. The molecule has 5 rings (SSSR count). The molecule has 3 aliphatic rings. The van der Waals surface area contributed by atoms with Gasteiger partial charge in [0.05, 0.1) is 18.2 Å². The predicted octanol–water partition coefficient (Wildman–Crippen LogP) is -1.05. The van der Waals surface area contributed by atoms with Gasteiger partial charge in [0.1, 0.15) is 23.3 Å². The topological polar surface area (TPSA) is 291 Å². The van der Waals surface area contributed by atoms with Gasteiger partial charge in [0.25, 0.3) is 17.4 Å². The fourth-order valence-corrected chi connectivity index (χ4v) is 6.64. The number of amides is 2. The average Bonchev–Trinajstić information content (AvgIpc) is 3.69. The van der Waals surface area contributed by atoms with Crippen LogP contribution in [0.3, 0.4) is 0 Å². The first-order chi connectivity index (χ1) is 22.9. The number of benzene rings is 1. The van der Waals surface area contributed by atoms with E-state index in [-0.39, 0.29) is 35.9 Å². The number of carbonyl (C=O) groups is 3. The van der Waals surface area contributed by atoms with E-state index in [0.29, 0.717) is 41.6 Å². The van der Waals surface area contributed by atoms with Crippen LogP contribution in [0, 0.1) is 0 Å². The number of aliphatic hydroxyl groups is 1. The molecular formula is C28H36N8O11S2. The van der Waals surface area contributed by atoms with Crippen LogP contribution >= 0.6 is 11.3 Å². The number of aromatic nitrogens is 1. The Bertz CT molecular complexity index is 1810.